The maximum Gasteiger partial charge on any atom is 0.271 e. The van der Waals surface area contributed by atoms with Crippen molar-refractivity contribution in [3.8, 4) is 0 Å². The van der Waals surface area contributed by atoms with E-state index >= 15 is 0 Å². The van der Waals surface area contributed by atoms with Crippen molar-refractivity contribution in [2.45, 2.75) is 88.3 Å². The van der Waals surface area contributed by atoms with E-state index in [1.54, 1.807) is 6.20 Å². The van der Waals surface area contributed by atoms with Crippen LogP contribution in [-0.2, 0) is 6.42 Å². The van der Waals surface area contributed by atoms with Crippen LogP contribution in [0.3, 0.4) is 0 Å². The minimum absolute atomic E-state index is 0.118. The summed E-state index contributed by atoms with van der Waals surface area (Å²) in [5.74, 6) is 7.87. The molecule has 6 aliphatic carbocycles. The molecule has 0 saturated heterocycles. The lowest BCUT2D eigenvalue weighted by Gasteiger charge is -2.58. The highest BCUT2D eigenvalue weighted by atomic mass is 16.3. The number of hydrogen-bond acceptors (Lipinski definition) is 5. The second-order valence-electron chi connectivity index (χ2n) is 10.9. The second-order valence-corrected chi connectivity index (χ2v) is 10.9. The zero-order valence-electron chi connectivity index (χ0n) is 18.2. The number of nitrogens with two attached hydrogens (primary N) is 1. The predicted octanol–water partition coefficient (Wildman–Crippen LogP) is 3.65. The van der Waals surface area contributed by atoms with Crippen LogP contribution in [-0.4, -0.2) is 38.7 Å². The van der Waals surface area contributed by atoms with E-state index < -0.39 is 5.60 Å². The van der Waals surface area contributed by atoms with Crippen LogP contribution in [0.5, 0.6) is 0 Å². The van der Waals surface area contributed by atoms with Gasteiger partial charge in [-0.25, -0.2) is 5.84 Å². The first kappa shape index (κ1) is 19.7. The molecular formula is C25H34N4O2. The summed E-state index contributed by atoms with van der Waals surface area (Å²) in [4.78, 5) is 18.1. The lowest BCUT2D eigenvalue weighted by molar-refractivity contribution is -0.129. The molecule has 0 aromatic carbocycles. The zero-order chi connectivity index (χ0) is 21.2. The number of aromatic nitrogens is 1. The molecule has 6 aliphatic rings. The number of carbonyl (C=O) groups excluding carboxylic acids is 1. The molecule has 4 N–H and O–H groups in total. The zero-order valence-corrected chi connectivity index (χ0v) is 18.2. The third kappa shape index (κ3) is 3.30. The molecule has 0 spiro atoms. The molecule has 31 heavy (non-hydrogen) atoms. The van der Waals surface area contributed by atoms with E-state index in [0.717, 1.165) is 68.3 Å². The fourth-order valence-corrected chi connectivity index (χ4v) is 7.56. The van der Waals surface area contributed by atoms with Crippen molar-refractivity contribution >= 4 is 17.7 Å². The molecule has 5 atom stereocenters. The van der Waals surface area contributed by atoms with Gasteiger partial charge in [-0.1, -0.05) is 31.4 Å². The molecule has 1 aromatic heterocycles. The molecule has 1 amide bonds. The molecule has 3 unspecified atom stereocenters. The number of hydrazine groups is 1. The summed E-state index contributed by atoms with van der Waals surface area (Å²) in [6, 6.07) is 0.429. The fourth-order valence-electron chi connectivity index (χ4n) is 7.56. The van der Waals surface area contributed by atoms with Gasteiger partial charge in [-0.2, -0.15) is 0 Å². The molecule has 5 fully saturated rings. The number of aliphatic hydroxyl groups is 1. The molecule has 4 bridgehead atoms. The first-order valence-electron chi connectivity index (χ1n) is 12.3. The topological polar surface area (TPSA) is 91.5 Å². The highest BCUT2D eigenvalue weighted by molar-refractivity contribution is 6.01. The normalized spacial score (nSPS) is 35.9. The van der Waals surface area contributed by atoms with Gasteiger partial charge in [0.2, 0.25) is 0 Å². The van der Waals surface area contributed by atoms with Crippen molar-refractivity contribution < 1.29 is 9.90 Å². The number of nitrogens with zero attached hydrogens (tertiary/aromatic N) is 2. The van der Waals surface area contributed by atoms with Gasteiger partial charge in [0.05, 0.1) is 22.5 Å². The van der Waals surface area contributed by atoms with Gasteiger partial charge in [-0.05, 0) is 62.7 Å². The first-order valence-corrected chi connectivity index (χ1v) is 12.3. The highest BCUT2D eigenvalue weighted by Gasteiger charge is 2.55. The van der Waals surface area contributed by atoms with Crippen LogP contribution in [0.15, 0.2) is 12.3 Å². The molecule has 5 saturated carbocycles. The van der Waals surface area contributed by atoms with E-state index in [2.05, 4.69) is 22.5 Å². The third-order valence-corrected chi connectivity index (χ3v) is 8.78. The average molecular weight is 423 g/mol. The van der Waals surface area contributed by atoms with Crippen LogP contribution in [0.1, 0.15) is 85.8 Å². The van der Waals surface area contributed by atoms with E-state index in [1.807, 2.05) is 0 Å². The first-order chi connectivity index (χ1) is 15.0. The van der Waals surface area contributed by atoms with Crippen LogP contribution in [0.2, 0.25) is 0 Å². The van der Waals surface area contributed by atoms with Gasteiger partial charge in [0.25, 0.3) is 5.91 Å². The van der Waals surface area contributed by atoms with Gasteiger partial charge in [-0.3, -0.25) is 14.8 Å². The van der Waals surface area contributed by atoms with Crippen LogP contribution in [0.4, 0.5) is 5.69 Å². The highest BCUT2D eigenvalue weighted by Crippen LogP contribution is 2.56. The second kappa shape index (κ2) is 7.31. The number of rotatable bonds is 4. The van der Waals surface area contributed by atoms with Gasteiger partial charge in [0.1, 0.15) is 0 Å². The fraction of sp³-hybridized carbons (Fsp3) is 0.680. The van der Waals surface area contributed by atoms with Crippen LogP contribution >= 0.6 is 0 Å². The number of pyridine rings is 1. The number of fused-ring (bicyclic) bond motifs is 1. The lowest BCUT2D eigenvalue weighted by Crippen LogP contribution is -2.59. The van der Waals surface area contributed by atoms with Gasteiger partial charge in [0.15, 0.2) is 0 Å². The Kier molecular flexibility index (Phi) is 4.65. The Balaban J connectivity index is 1.32. The van der Waals surface area contributed by atoms with E-state index in [9.17, 15) is 9.90 Å². The van der Waals surface area contributed by atoms with Gasteiger partial charge < -0.3 is 10.4 Å². The van der Waals surface area contributed by atoms with Gasteiger partial charge >= 0.3 is 0 Å². The van der Waals surface area contributed by atoms with E-state index in [0.29, 0.717) is 29.4 Å². The van der Waals surface area contributed by atoms with Gasteiger partial charge in [0, 0.05) is 30.3 Å². The summed E-state index contributed by atoms with van der Waals surface area (Å²) in [6.07, 6.45) is 17.4. The number of amides is 1. The Hall–Kier alpha value is -1.92. The molecule has 6 nitrogen and oxygen atoms in total. The molecule has 0 aliphatic heterocycles. The summed E-state index contributed by atoms with van der Waals surface area (Å²) >= 11 is 0. The Bertz CT molecular complexity index is 906. The minimum Gasteiger partial charge on any atom is -0.390 e. The summed E-state index contributed by atoms with van der Waals surface area (Å²) < 4.78 is 0. The smallest absolute Gasteiger partial charge is 0.271 e. The quantitative estimate of drug-likeness (QED) is 0.391. The Morgan fingerprint density at radius 3 is 2.61 bits per heavy atom. The maximum absolute atomic E-state index is 13.5. The minimum atomic E-state index is -0.456. The summed E-state index contributed by atoms with van der Waals surface area (Å²) in [7, 11) is 0. The molecule has 1 aromatic rings. The lowest BCUT2D eigenvalue weighted by atomic mass is 9.52. The molecule has 166 valence electrons. The number of nitrogens with one attached hydrogen (secondary N) is 1. The monoisotopic (exact) mass is 422 g/mol. The predicted molar refractivity (Wildman–Crippen MR) is 120 cm³/mol. The summed E-state index contributed by atoms with van der Waals surface area (Å²) in [5, 5.41) is 16.3. The summed E-state index contributed by atoms with van der Waals surface area (Å²) in [6.45, 7) is 0. The van der Waals surface area contributed by atoms with E-state index in [-0.39, 0.29) is 11.9 Å². The maximum atomic E-state index is 13.5. The van der Waals surface area contributed by atoms with Crippen molar-refractivity contribution in [2.75, 3.05) is 5.32 Å². The molecule has 1 heterocycles. The van der Waals surface area contributed by atoms with Crippen LogP contribution in [0.25, 0.3) is 6.08 Å². The van der Waals surface area contributed by atoms with Crippen LogP contribution < -0.4 is 11.2 Å². The van der Waals surface area contributed by atoms with Crippen LogP contribution in [0, 0.1) is 17.8 Å². The SMILES string of the molecule is NN(C(=O)c1cnc2c(c1NC1[C@@H]3CC4C[C@H]1CC(O)(C4)C3)C=CC2)C1CCCCC1. The van der Waals surface area contributed by atoms with Crippen molar-refractivity contribution in [1.29, 1.82) is 0 Å². The third-order valence-electron chi connectivity index (χ3n) is 8.78. The number of allylic oxidation sites excluding steroid dienone is 1. The Morgan fingerprint density at radius 2 is 1.90 bits per heavy atom. The van der Waals surface area contributed by atoms with Gasteiger partial charge in [-0.15, -0.1) is 0 Å². The van der Waals surface area contributed by atoms with Crippen molar-refractivity contribution in [1.82, 2.24) is 9.99 Å². The standard InChI is InChI=1S/C25H34N4O2/c26-29(18-5-2-1-3-6-18)24(30)20-14-27-21-8-4-7-19(21)23(20)28-22-16-9-15-10-17(22)13-25(31,11-15)12-16/h4,7,14-18,22,31H,1-3,5-6,8-13,26H2,(H,27,28)/t15?,16-,17+,22?,25?. The van der Waals surface area contributed by atoms with Crippen molar-refractivity contribution in [3.05, 3.63) is 29.1 Å². The number of carbonyl (C=O) groups is 1. The van der Waals surface area contributed by atoms with E-state index in [4.69, 9.17) is 5.84 Å². The van der Waals surface area contributed by atoms with Crippen molar-refractivity contribution in [3.63, 3.8) is 0 Å². The number of hydrogen-bond donors (Lipinski definition) is 3. The van der Waals surface area contributed by atoms with Crippen molar-refractivity contribution in [2.24, 2.45) is 23.6 Å². The average Bonchev–Trinajstić information content (AvgIpc) is 3.24. The Labute approximate surface area is 184 Å². The summed E-state index contributed by atoms with van der Waals surface area (Å²) in [5.41, 5.74) is 3.14. The molecular weight excluding hydrogens is 388 g/mol. The number of anilines is 1. The Morgan fingerprint density at radius 1 is 1.16 bits per heavy atom. The molecule has 6 heteroatoms. The molecule has 7 rings (SSSR count). The van der Waals surface area contributed by atoms with E-state index in [1.165, 1.54) is 24.3 Å². The largest absolute Gasteiger partial charge is 0.390 e. The molecule has 0 radical (unpaired) electrons.